The first-order valence-corrected chi connectivity index (χ1v) is 10.9. The van der Waals surface area contributed by atoms with Crippen LogP contribution in [0.1, 0.15) is 12.5 Å². The van der Waals surface area contributed by atoms with Gasteiger partial charge in [-0.1, -0.05) is 12.1 Å². The van der Waals surface area contributed by atoms with Gasteiger partial charge in [0.15, 0.2) is 0 Å². The maximum absolute atomic E-state index is 13.7. The van der Waals surface area contributed by atoms with Crippen LogP contribution in [-0.2, 0) is 21.0 Å². The van der Waals surface area contributed by atoms with Crippen molar-refractivity contribution in [3.8, 4) is 0 Å². The summed E-state index contributed by atoms with van der Waals surface area (Å²) < 4.78 is 78.5. The second kappa shape index (κ2) is 8.93. The number of carbonyl (C=O) groups is 1. The quantitative estimate of drug-likeness (QED) is 0.698. The predicted molar refractivity (Wildman–Crippen MR) is 106 cm³/mol. The summed E-state index contributed by atoms with van der Waals surface area (Å²) in [7, 11) is -3.96. The number of rotatable bonds is 5. The standard InChI is InChI=1S/C20H21F4N3O3S/c1-14(19(28)25-18-5-3-2-4-17(18)21)26-10-12-27(13-11-26)31(29,30)16-8-6-15(7-9-16)20(22,23)24/h2-9,14H,10-13H2,1H3,(H,25,28). The number of sulfonamides is 1. The van der Waals surface area contributed by atoms with Gasteiger partial charge in [0.1, 0.15) is 5.82 Å². The molecule has 2 aromatic rings. The second-order valence-electron chi connectivity index (χ2n) is 7.11. The van der Waals surface area contributed by atoms with Crippen LogP contribution < -0.4 is 5.32 Å². The van der Waals surface area contributed by atoms with Crippen molar-refractivity contribution in [3.05, 3.63) is 59.9 Å². The number of alkyl halides is 3. The first kappa shape index (κ1) is 23.2. The number of piperazine rings is 1. The zero-order chi connectivity index (χ0) is 22.8. The summed E-state index contributed by atoms with van der Waals surface area (Å²) in [5, 5.41) is 2.51. The van der Waals surface area contributed by atoms with Crippen LogP contribution in [0.5, 0.6) is 0 Å². The van der Waals surface area contributed by atoms with Crippen LogP contribution in [0.4, 0.5) is 23.2 Å². The number of hydrogen-bond acceptors (Lipinski definition) is 4. The van der Waals surface area contributed by atoms with E-state index in [4.69, 9.17) is 0 Å². The molecule has 1 aliphatic heterocycles. The molecule has 0 aromatic heterocycles. The number of nitrogens with zero attached hydrogens (tertiary/aromatic N) is 2. The normalized spacial score (nSPS) is 17.3. The number of halogens is 4. The maximum Gasteiger partial charge on any atom is 0.416 e. The number of nitrogens with one attached hydrogen (secondary N) is 1. The Bertz CT molecular complexity index is 1030. The molecule has 1 aliphatic rings. The average Bonchev–Trinajstić information content (AvgIpc) is 2.74. The monoisotopic (exact) mass is 459 g/mol. The molecule has 1 N–H and O–H groups in total. The zero-order valence-corrected chi connectivity index (χ0v) is 17.4. The van der Waals surface area contributed by atoms with Crippen molar-refractivity contribution in [2.24, 2.45) is 0 Å². The molecule has 0 spiro atoms. The van der Waals surface area contributed by atoms with Crippen molar-refractivity contribution in [2.75, 3.05) is 31.5 Å². The molecule has 31 heavy (non-hydrogen) atoms. The fraction of sp³-hybridized carbons (Fsp3) is 0.350. The summed E-state index contributed by atoms with van der Waals surface area (Å²) >= 11 is 0. The number of para-hydroxylation sites is 1. The van der Waals surface area contributed by atoms with E-state index >= 15 is 0 Å². The lowest BCUT2D eigenvalue weighted by Gasteiger charge is -2.36. The van der Waals surface area contributed by atoms with Gasteiger partial charge in [0.2, 0.25) is 15.9 Å². The Morgan fingerprint density at radius 1 is 1.00 bits per heavy atom. The van der Waals surface area contributed by atoms with Gasteiger partial charge in [-0.05, 0) is 43.3 Å². The molecule has 6 nitrogen and oxygen atoms in total. The van der Waals surface area contributed by atoms with E-state index in [0.29, 0.717) is 0 Å². The molecule has 0 saturated carbocycles. The fourth-order valence-electron chi connectivity index (χ4n) is 3.26. The van der Waals surface area contributed by atoms with E-state index in [2.05, 4.69) is 5.32 Å². The van der Waals surface area contributed by atoms with E-state index in [9.17, 15) is 30.8 Å². The van der Waals surface area contributed by atoms with Crippen LogP contribution in [0.3, 0.4) is 0 Å². The summed E-state index contributed by atoms with van der Waals surface area (Å²) in [6.07, 6.45) is -4.55. The minimum absolute atomic E-state index is 0.0582. The van der Waals surface area contributed by atoms with Crippen LogP contribution in [-0.4, -0.2) is 55.8 Å². The minimum atomic E-state index is -4.55. The SMILES string of the molecule is CC(C(=O)Nc1ccccc1F)N1CCN(S(=O)(=O)c2ccc(C(F)(F)F)cc2)CC1. The Labute approximate surface area is 177 Å². The highest BCUT2D eigenvalue weighted by molar-refractivity contribution is 7.89. The van der Waals surface area contributed by atoms with Gasteiger partial charge < -0.3 is 5.32 Å². The van der Waals surface area contributed by atoms with Crippen LogP contribution in [0, 0.1) is 5.82 Å². The summed E-state index contributed by atoms with van der Waals surface area (Å²) in [5.41, 5.74) is -0.867. The average molecular weight is 459 g/mol. The zero-order valence-electron chi connectivity index (χ0n) is 16.6. The van der Waals surface area contributed by atoms with Crippen molar-refractivity contribution < 1.29 is 30.8 Å². The molecule has 1 saturated heterocycles. The van der Waals surface area contributed by atoms with Crippen molar-refractivity contribution in [1.82, 2.24) is 9.21 Å². The lowest BCUT2D eigenvalue weighted by Crippen LogP contribution is -2.53. The predicted octanol–water partition coefficient (Wildman–Crippen LogP) is 3.18. The van der Waals surface area contributed by atoms with Crippen LogP contribution in [0.2, 0.25) is 0 Å². The largest absolute Gasteiger partial charge is 0.416 e. The third-order valence-corrected chi connectivity index (χ3v) is 7.06. The molecule has 1 amide bonds. The van der Waals surface area contributed by atoms with E-state index < -0.39 is 39.5 Å². The van der Waals surface area contributed by atoms with Crippen LogP contribution in [0.15, 0.2) is 53.4 Å². The minimum Gasteiger partial charge on any atom is -0.322 e. The van der Waals surface area contributed by atoms with Crippen molar-refractivity contribution in [1.29, 1.82) is 0 Å². The Morgan fingerprint density at radius 2 is 1.58 bits per heavy atom. The Morgan fingerprint density at radius 3 is 2.13 bits per heavy atom. The lowest BCUT2D eigenvalue weighted by atomic mass is 10.2. The van der Waals surface area contributed by atoms with Crippen molar-refractivity contribution >= 4 is 21.6 Å². The van der Waals surface area contributed by atoms with Gasteiger partial charge >= 0.3 is 6.18 Å². The number of carbonyl (C=O) groups excluding carboxylic acids is 1. The molecule has 168 valence electrons. The summed E-state index contributed by atoms with van der Waals surface area (Å²) in [6.45, 7) is 2.26. The van der Waals surface area contributed by atoms with E-state index in [-0.39, 0.29) is 36.8 Å². The third kappa shape index (κ3) is 5.23. The summed E-state index contributed by atoms with van der Waals surface area (Å²) in [6, 6.07) is 8.48. The highest BCUT2D eigenvalue weighted by atomic mass is 32.2. The van der Waals surface area contributed by atoms with Gasteiger partial charge in [-0.2, -0.15) is 17.5 Å². The molecular formula is C20H21F4N3O3S. The molecule has 0 aliphatic carbocycles. The molecule has 1 fully saturated rings. The Balaban J connectivity index is 1.61. The molecule has 1 atom stereocenters. The Hall–Kier alpha value is -2.50. The van der Waals surface area contributed by atoms with Crippen LogP contribution in [0.25, 0.3) is 0 Å². The smallest absolute Gasteiger partial charge is 0.322 e. The van der Waals surface area contributed by atoms with E-state index in [0.717, 1.165) is 24.3 Å². The first-order chi connectivity index (χ1) is 14.5. The van der Waals surface area contributed by atoms with E-state index in [1.807, 2.05) is 0 Å². The molecule has 0 bridgehead atoms. The molecule has 0 radical (unpaired) electrons. The molecule has 11 heteroatoms. The van der Waals surface area contributed by atoms with Crippen molar-refractivity contribution in [3.63, 3.8) is 0 Å². The second-order valence-corrected chi connectivity index (χ2v) is 9.05. The topological polar surface area (TPSA) is 69.7 Å². The highest BCUT2D eigenvalue weighted by Gasteiger charge is 2.34. The van der Waals surface area contributed by atoms with Crippen molar-refractivity contribution in [2.45, 2.75) is 24.0 Å². The van der Waals surface area contributed by atoms with Gasteiger partial charge in [-0.3, -0.25) is 9.69 Å². The molecule has 3 rings (SSSR count). The van der Waals surface area contributed by atoms with Gasteiger partial charge in [0.25, 0.3) is 0 Å². The number of hydrogen-bond donors (Lipinski definition) is 1. The maximum atomic E-state index is 13.7. The lowest BCUT2D eigenvalue weighted by molar-refractivity contribution is -0.137. The van der Waals surface area contributed by atoms with Gasteiger partial charge in [0, 0.05) is 26.2 Å². The molecule has 1 unspecified atom stereocenters. The number of anilines is 1. The molecule has 2 aromatic carbocycles. The highest BCUT2D eigenvalue weighted by Crippen LogP contribution is 2.30. The fourth-order valence-corrected chi connectivity index (χ4v) is 4.68. The third-order valence-electron chi connectivity index (χ3n) is 5.15. The molecule has 1 heterocycles. The van der Waals surface area contributed by atoms with Gasteiger partial charge in [-0.25, -0.2) is 12.8 Å². The first-order valence-electron chi connectivity index (χ1n) is 9.47. The van der Waals surface area contributed by atoms with E-state index in [1.54, 1.807) is 17.9 Å². The number of benzene rings is 2. The molecular weight excluding hydrogens is 438 g/mol. The summed E-state index contributed by atoms with van der Waals surface area (Å²) in [4.78, 5) is 14.0. The van der Waals surface area contributed by atoms with Gasteiger partial charge in [0.05, 0.1) is 22.2 Å². The number of amides is 1. The Kier molecular flexibility index (Phi) is 6.68. The van der Waals surface area contributed by atoms with E-state index in [1.165, 1.54) is 22.5 Å². The van der Waals surface area contributed by atoms with Crippen LogP contribution >= 0.6 is 0 Å². The van der Waals surface area contributed by atoms with Gasteiger partial charge in [-0.15, -0.1) is 0 Å². The summed E-state index contributed by atoms with van der Waals surface area (Å²) in [5.74, 6) is -0.986.